The number of halogens is 3. The second-order valence-electron chi connectivity index (χ2n) is 7.58. The Hall–Kier alpha value is 1.50. The predicted molar refractivity (Wildman–Crippen MR) is 116 cm³/mol. The Bertz CT molecular complexity index is 567. The van der Waals surface area contributed by atoms with E-state index in [1.54, 1.807) is 5.32 Å². The van der Waals surface area contributed by atoms with Gasteiger partial charge in [-0.3, -0.25) is 4.79 Å². The molecule has 1 aliphatic rings. The molecule has 1 radical (unpaired) electrons. The third kappa shape index (κ3) is 13.0. The van der Waals surface area contributed by atoms with Gasteiger partial charge >= 0.3 is 211 Å². The second kappa shape index (κ2) is 17.1. The number of amides is 1. The van der Waals surface area contributed by atoms with E-state index in [2.05, 4.69) is 0 Å². The first kappa shape index (κ1) is 32.5. The number of carbonyl (C=O) groups excluding carboxylic acids is 1. The van der Waals surface area contributed by atoms with Crippen molar-refractivity contribution < 1.29 is 51.1 Å². The van der Waals surface area contributed by atoms with Crippen LogP contribution in [0.2, 0.25) is 0 Å². The third-order valence-corrected chi connectivity index (χ3v) is 12.4. The Morgan fingerprint density at radius 2 is 1.85 bits per heavy atom. The van der Waals surface area contributed by atoms with Crippen molar-refractivity contribution in [3.05, 3.63) is 0 Å². The molecule has 0 saturated carbocycles. The first-order chi connectivity index (χ1) is 15.5. The van der Waals surface area contributed by atoms with Crippen molar-refractivity contribution in [2.45, 2.75) is 68.9 Å². The molecular weight excluding hydrogens is 662 g/mol. The molecular formula is C18H32BaF3NO8PSe. The number of carbonyl (C=O) groups is 1. The zero-order chi connectivity index (χ0) is 25.0. The minimum absolute atomic E-state index is 0.0313. The summed E-state index contributed by atoms with van der Waals surface area (Å²) in [5.41, 5.74) is -0.0362. The molecule has 33 heavy (non-hydrogen) atoms. The molecule has 0 aromatic heterocycles. The van der Waals surface area contributed by atoms with E-state index in [9.17, 15) is 22.9 Å². The Morgan fingerprint density at radius 3 is 2.42 bits per heavy atom. The molecule has 1 fully saturated rings. The molecule has 0 aromatic rings. The molecule has 0 bridgehead atoms. The van der Waals surface area contributed by atoms with Crippen LogP contribution in [0.15, 0.2) is 0 Å². The Labute approximate surface area is 226 Å². The van der Waals surface area contributed by atoms with Crippen molar-refractivity contribution in [3.8, 4) is 0 Å². The Morgan fingerprint density at radius 1 is 1.18 bits per heavy atom. The van der Waals surface area contributed by atoms with Crippen LogP contribution in [0.3, 0.4) is 0 Å². The van der Waals surface area contributed by atoms with Crippen molar-refractivity contribution >= 4 is 63.5 Å². The van der Waals surface area contributed by atoms with E-state index in [-0.39, 0.29) is 62.2 Å². The van der Waals surface area contributed by atoms with Gasteiger partial charge < -0.3 is 0 Å². The summed E-state index contributed by atoms with van der Waals surface area (Å²) >= 11 is 0.519. The fourth-order valence-electron chi connectivity index (χ4n) is 2.54. The van der Waals surface area contributed by atoms with Gasteiger partial charge in [0.25, 0.3) is 0 Å². The van der Waals surface area contributed by atoms with Crippen molar-refractivity contribution in [1.82, 2.24) is 5.32 Å². The fraction of sp³-hybridized carbons (Fsp3) is 0.944. The van der Waals surface area contributed by atoms with Crippen LogP contribution >= 0.6 is 8.38 Å². The van der Waals surface area contributed by atoms with Crippen molar-refractivity contribution in [1.29, 1.82) is 0 Å². The van der Waals surface area contributed by atoms with Crippen molar-refractivity contribution in [3.63, 3.8) is 0 Å². The first-order valence-electron chi connectivity index (χ1n) is 10.4. The van der Waals surface area contributed by atoms with Crippen LogP contribution in [0, 0.1) is 0 Å². The van der Waals surface area contributed by atoms with Gasteiger partial charge in [0.15, 0.2) is 0 Å². The molecule has 1 aliphatic heterocycles. The molecule has 15 heteroatoms. The summed E-state index contributed by atoms with van der Waals surface area (Å²) in [5, 5.41) is 1.61. The summed E-state index contributed by atoms with van der Waals surface area (Å²) in [5.74, 6) is -2.00. The van der Waals surface area contributed by atoms with Crippen LogP contribution in [0.25, 0.3) is 0 Å². The van der Waals surface area contributed by atoms with Gasteiger partial charge in [-0.05, 0) is 0 Å². The van der Waals surface area contributed by atoms with Crippen molar-refractivity contribution in [2.24, 2.45) is 0 Å². The molecule has 1 rings (SSSR count). The van der Waals surface area contributed by atoms with Gasteiger partial charge in [0, 0.05) is 0 Å². The van der Waals surface area contributed by atoms with Gasteiger partial charge in [0.1, 0.15) is 0 Å². The van der Waals surface area contributed by atoms with Crippen LogP contribution in [-0.2, 0) is 33.0 Å². The third-order valence-electron chi connectivity index (χ3n) is 4.20. The summed E-state index contributed by atoms with van der Waals surface area (Å²) in [6, 6.07) is 0. The summed E-state index contributed by atoms with van der Waals surface area (Å²) < 4.78 is 70.5. The van der Waals surface area contributed by atoms with E-state index in [1.807, 2.05) is 27.7 Å². The Balaban J connectivity index is 2.42. The molecule has 5 atom stereocenters. The van der Waals surface area contributed by atoms with E-state index in [4.69, 9.17) is 28.2 Å². The van der Waals surface area contributed by atoms with Gasteiger partial charge in [-0.1, -0.05) is 0 Å². The average Bonchev–Trinajstić information content (AvgIpc) is 3.06. The van der Waals surface area contributed by atoms with Gasteiger partial charge in [0.2, 0.25) is 0 Å². The van der Waals surface area contributed by atoms with Crippen LogP contribution in [0.5, 0.6) is 0 Å². The van der Waals surface area contributed by atoms with E-state index < -0.39 is 32.7 Å². The van der Waals surface area contributed by atoms with Gasteiger partial charge in [-0.25, -0.2) is 0 Å². The molecule has 191 valence electrons. The normalized spacial score (nSPS) is 24.5. The maximum absolute atomic E-state index is 12.1. The minimum atomic E-state index is -4.90. The maximum atomic E-state index is 12.1. The fourth-order valence-corrected chi connectivity index (χ4v) is 9.02. The van der Waals surface area contributed by atoms with E-state index in [1.165, 1.54) is 0 Å². The SMILES string of the molecule is CC(C)OCC1OC([Se][Ba])C(OCOCCOCCNC(=O)C(F)(F)F)C1OP(O)C(C)C. The topological polar surface area (TPSA) is 105 Å². The number of hydrogen-bond acceptors (Lipinski definition) is 8. The standard InChI is InChI=1S/C18H33F3NO8PSe.Ba/c1-11(2)27-9-13-14(30-31(24)12(3)4)15(16(32)29-13)28-10-26-8-7-25-6-5-22-17(23)18(19,20)21;/h11-16,24,32H,5-10H2,1-4H3,(H,22,23);/q;+1/p-1. The van der Waals surface area contributed by atoms with Crippen LogP contribution in [0.4, 0.5) is 13.2 Å². The van der Waals surface area contributed by atoms with Gasteiger partial charge in [0.05, 0.1) is 0 Å². The molecule has 1 amide bonds. The van der Waals surface area contributed by atoms with Crippen molar-refractivity contribution in [2.75, 3.05) is 39.8 Å². The molecule has 9 nitrogen and oxygen atoms in total. The summed E-state index contributed by atoms with van der Waals surface area (Å²) in [6.07, 6.45) is -5.81. The van der Waals surface area contributed by atoms with Crippen LogP contribution < -0.4 is 5.32 Å². The number of hydrogen-bond donors (Lipinski definition) is 2. The number of ether oxygens (including phenoxy) is 5. The number of nitrogens with one attached hydrogen (secondary N) is 1. The molecule has 5 unspecified atom stereocenters. The van der Waals surface area contributed by atoms with Crippen LogP contribution in [-0.4, -0.2) is 141 Å². The van der Waals surface area contributed by atoms with E-state index in [0.29, 0.717) is 49.7 Å². The average molecular weight is 695 g/mol. The van der Waals surface area contributed by atoms with Gasteiger partial charge in [-0.2, -0.15) is 13.2 Å². The molecule has 0 spiro atoms. The molecule has 1 saturated heterocycles. The summed E-state index contributed by atoms with van der Waals surface area (Å²) in [6.45, 7) is 7.88. The zero-order valence-electron chi connectivity index (χ0n) is 19.2. The monoisotopic (exact) mass is 696 g/mol. The predicted octanol–water partition coefficient (Wildman–Crippen LogP) is 1.08. The summed E-state index contributed by atoms with van der Waals surface area (Å²) in [7, 11) is -1.65. The summed E-state index contributed by atoms with van der Waals surface area (Å²) in [4.78, 5) is 21.0. The molecule has 0 aromatic carbocycles. The van der Waals surface area contributed by atoms with E-state index >= 15 is 0 Å². The zero-order valence-corrected chi connectivity index (χ0v) is 26.3. The first-order valence-corrected chi connectivity index (χ1v) is 23.3. The van der Waals surface area contributed by atoms with Gasteiger partial charge in [-0.15, -0.1) is 0 Å². The number of rotatable bonds is 16. The number of alkyl halides is 3. The quantitative estimate of drug-likeness (QED) is 0.107. The Kier molecular flexibility index (Phi) is 16.8. The van der Waals surface area contributed by atoms with E-state index in [0.717, 1.165) is 0 Å². The second-order valence-corrected chi connectivity index (χ2v) is 16.5. The molecule has 2 N–H and O–H groups in total. The molecule has 1 heterocycles. The van der Waals surface area contributed by atoms with Crippen LogP contribution in [0.1, 0.15) is 27.7 Å². The molecule has 0 aliphatic carbocycles.